The number of nitrogens with zero attached hydrogens (tertiary/aromatic N) is 4. The molecule has 160 valence electrons. The third-order valence-electron chi connectivity index (χ3n) is 4.79. The Kier molecular flexibility index (Phi) is 10.6. The van der Waals surface area contributed by atoms with Crippen LogP contribution in [0, 0.1) is 19.8 Å². The fraction of sp³-hybridized carbons (Fsp3) is 0.737. The lowest BCUT2D eigenvalue weighted by atomic mass is 10.1. The van der Waals surface area contributed by atoms with Crippen LogP contribution in [0.1, 0.15) is 38.1 Å². The Morgan fingerprint density at radius 3 is 2.61 bits per heavy atom. The highest BCUT2D eigenvalue weighted by Crippen LogP contribution is 2.11. The van der Waals surface area contributed by atoms with E-state index in [1.807, 2.05) is 13.8 Å². The van der Waals surface area contributed by atoms with E-state index in [9.17, 15) is 4.79 Å². The van der Waals surface area contributed by atoms with E-state index in [0.717, 1.165) is 37.6 Å². The normalized spacial score (nSPS) is 16.3. The van der Waals surface area contributed by atoms with Crippen LogP contribution >= 0.6 is 24.0 Å². The average Bonchev–Trinajstić information content (AvgIpc) is 2.96. The number of likely N-dealkylation sites (tertiary alicyclic amines) is 1. The summed E-state index contributed by atoms with van der Waals surface area (Å²) in [6.07, 6.45) is 1.57. The topological polar surface area (TPSA) is 83.8 Å². The monoisotopic (exact) mass is 506 g/mol. The summed E-state index contributed by atoms with van der Waals surface area (Å²) in [7, 11) is 1.79. The molecule has 0 aliphatic carbocycles. The fourth-order valence-corrected chi connectivity index (χ4v) is 3.30. The molecule has 1 saturated heterocycles. The number of carbonyl (C=O) groups is 1. The minimum Gasteiger partial charge on any atom is -0.450 e. The Morgan fingerprint density at radius 1 is 1.39 bits per heavy atom. The molecule has 2 heterocycles. The first-order chi connectivity index (χ1) is 12.9. The van der Waals surface area contributed by atoms with Crippen molar-refractivity contribution < 1.29 is 9.53 Å². The second-order valence-corrected chi connectivity index (χ2v) is 7.27. The predicted octanol–water partition coefficient (Wildman–Crippen LogP) is 2.54. The van der Waals surface area contributed by atoms with Crippen molar-refractivity contribution in [1.29, 1.82) is 0 Å². The van der Waals surface area contributed by atoms with E-state index in [4.69, 9.17) is 4.74 Å². The molecule has 1 amide bonds. The molecule has 1 atom stereocenters. The van der Waals surface area contributed by atoms with Crippen LogP contribution < -0.4 is 10.6 Å². The molecule has 1 aromatic heterocycles. The van der Waals surface area contributed by atoms with Gasteiger partial charge in [0.05, 0.1) is 12.3 Å². The highest BCUT2D eigenvalue weighted by molar-refractivity contribution is 14.0. The van der Waals surface area contributed by atoms with Crippen molar-refractivity contribution in [2.24, 2.45) is 10.9 Å². The number of amides is 1. The molecular formula is C19H35IN6O2. The molecule has 2 N–H and O–H groups in total. The zero-order valence-corrected chi connectivity index (χ0v) is 20.0. The summed E-state index contributed by atoms with van der Waals surface area (Å²) >= 11 is 0. The maximum Gasteiger partial charge on any atom is 0.409 e. The summed E-state index contributed by atoms with van der Waals surface area (Å²) in [4.78, 5) is 17.9. The van der Waals surface area contributed by atoms with Gasteiger partial charge in [-0.25, -0.2) is 4.79 Å². The van der Waals surface area contributed by atoms with Crippen LogP contribution in [0.2, 0.25) is 0 Å². The van der Waals surface area contributed by atoms with Crippen LogP contribution in [0.5, 0.6) is 0 Å². The van der Waals surface area contributed by atoms with Gasteiger partial charge >= 0.3 is 6.09 Å². The number of carbonyl (C=O) groups excluding carboxylic acids is 1. The molecular weight excluding hydrogens is 471 g/mol. The third-order valence-corrected chi connectivity index (χ3v) is 4.79. The van der Waals surface area contributed by atoms with Gasteiger partial charge in [-0.1, -0.05) is 6.92 Å². The van der Waals surface area contributed by atoms with E-state index in [-0.39, 0.29) is 30.1 Å². The summed E-state index contributed by atoms with van der Waals surface area (Å²) in [5.74, 6) is 1.23. The fourth-order valence-electron chi connectivity index (χ4n) is 3.30. The molecule has 0 radical (unpaired) electrons. The Balaban J connectivity index is 0.00000392. The average molecular weight is 506 g/mol. The van der Waals surface area contributed by atoms with Crippen molar-refractivity contribution in [3.8, 4) is 0 Å². The number of aliphatic imine (C=N–C) groups is 1. The molecule has 0 bridgehead atoms. The lowest BCUT2D eigenvalue weighted by Gasteiger charge is -2.32. The largest absolute Gasteiger partial charge is 0.450 e. The second-order valence-electron chi connectivity index (χ2n) is 7.27. The van der Waals surface area contributed by atoms with Crippen molar-refractivity contribution in [3.63, 3.8) is 0 Å². The minimum atomic E-state index is -0.212. The first-order valence-electron chi connectivity index (χ1n) is 9.82. The van der Waals surface area contributed by atoms with Crippen LogP contribution in [0.15, 0.2) is 11.1 Å². The number of nitrogens with one attached hydrogen (secondary N) is 2. The zero-order chi connectivity index (χ0) is 19.8. The maximum atomic E-state index is 11.8. The number of piperidine rings is 1. The molecule has 0 saturated carbocycles. The molecule has 9 heteroatoms. The lowest BCUT2D eigenvalue weighted by Crippen LogP contribution is -2.50. The van der Waals surface area contributed by atoms with Crippen LogP contribution in [0.3, 0.4) is 0 Å². The number of guanidine groups is 1. The number of aromatic nitrogens is 2. The van der Waals surface area contributed by atoms with Crippen LogP contribution in [-0.2, 0) is 11.3 Å². The molecule has 8 nitrogen and oxygen atoms in total. The first-order valence-corrected chi connectivity index (χ1v) is 9.82. The van der Waals surface area contributed by atoms with Gasteiger partial charge in [0.25, 0.3) is 0 Å². The minimum absolute atomic E-state index is 0. The molecule has 2 rings (SSSR count). The van der Waals surface area contributed by atoms with Gasteiger partial charge in [0.2, 0.25) is 0 Å². The molecule has 1 unspecified atom stereocenters. The molecule has 0 spiro atoms. The Bertz CT molecular complexity index is 640. The maximum absolute atomic E-state index is 11.8. The molecule has 1 aliphatic rings. The van der Waals surface area contributed by atoms with Gasteiger partial charge in [-0.05, 0) is 45.6 Å². The van der Waals surface area contributed by atoms with Crippen molar-refractivity contribution in [1.82, 2.24) is 25.3 Å². The smallest absolute Gasteiger partial charge is 0.409 e. The number of ether oxygens (including phenoxy) is 1. The SMILES string of the molecule is CCOC(=O)N1CCC(NC(=NC)NCC(C)Cn2nc(C)cc2C)CC1.I. The van der Waals surface area contributed by atoms with Crippen LogP contribution in [0.25, 0.3) is 0 Å². The summed E-state index contributed by atoms with van der Waals surface area (Å²) in [6.45, 7) is 11.7. The standard InChI is InChI=1S/C19H34N6O2.HI/c1-6-27-19(26)24-9-7-17(8-10-24)22-18(20-5)21-12-14(2)13-25-16(4)11-15(3)23-25;/h11,14,17H,6-10,12-13H2,1-5H3,(H2,20,21,22);1H. The van der Waals surface area contributed by atoms with Gasteiger partial charge in [0, 0.05) is 45.0 Å². The third kappa shape index (κ3) is 7.48. The lowest BCUT2D eigenvalue weighted by molar-refractivity contribution is 0.0963. The molecule has 0 aromatic carbocycles. The van der Waals surface area contributed by atoms with Crippen molar-refractivity contribution in [2.45, 2.75) is 53.1 Å². The molecule has 1 aromatic rings. The Hall–Kier alpha value is -1.52. The number of hydrogen-bond donors (Lipinski definition) is 2. The van der Waals surface area contributed by atoms with E-state index >= 15 is 0 Å². The van der Waals surface area contributed by atoms with Crippen LogP contribution in [-0.4, -0.2) is 66.1 Å². The van der Waals surface area contributed by atoms with Gasteiger partial charge in [-0.3, -0.25) is 9.67 Å². The number of halogens is 1. The number of rotatable bonds is 6. The van der Waals surface area contributed by atoms with E-state index in [1.165, 1.54) is 5.69 Å². The van der Waals surface area contributed by atoms with E-state index in [0.29, 0.717) is 31.7 Å². The molecule has 1 fully saturated rings. The predicted molar refractivity (Wildman–Crippen MR) is 122 cm³/mol. The van der Waals surface area contributed by atoms with Crippen molar-refractivity contribution in [2.75, 3.05) is 33.3 Å². The van der Waals surface area contributed by atoms with Gasteiger partial charge in [-0.15, -0.1) is 24.0 Å². The van der Waals surface area contributed by atoms with Gasteiger partial charge in [-0.2, -0.15) is 5.10 Å². The Morgan fingerprint density at radius 2 is 2.07 bits per heavy atom. The summed E-state index contributed by atoms with van der Waals surface area (Å²) in [5.41, 5.74) is 2.24. The summed E-state index contributed by atoms with van der Waals surface area (Å²) < 4.78 is 7.12. The highest BCUT2D eigenvalue weighted by Gasteiger charge is 2.24. The summed E-state index contributed by atoms with van der Waals surface area (Å²) in [6, 6.07) is 2.41. The quantitative estimate of drug-likeness (QED) is 0.352. The van der Waals surface area contributed by atoms with Crippen LogP contribution in [0.4, 0.5) is 4.79 Å². The van der Waals surface area contributed by atoms with E-state index in [2.05, 4.69) is 45.3 Å². The number of aryl methyl sites for hydroxylation is 2. The van der Waals surface area contributed by atoms with Gasteiger partial charge < -0.3 is 20.3 Å². The zero-order valence-electron chi connectivity index (χ0n) is 17.7. The van der Waals surface area contributed by atoms with E-state index < -0.39 is 0 Å². The Labute approximate surface area is 185 Å². The first kappa shape index (κ1) is 24.5. The van der Waals surface area contributed by atoms with Gasteiger partial charge in [0.1, 0.15) is 0 Å². The number of hydrogen-bond acceptors (Lipinski definition) is 4. The highest BCUT2D eigenvalue weighted by atomic mass is 127. The van der Waals surface area contributed by atoms with Gasteiger partial charge in [0.15, 0.2) is 5.96 Å². The van der Waals surface area contributed by atoms with Crippen molar-refractivity contribution in [3.05, 3.63) is 17.5 Å². The summed E-state index contributed by atoms with van der Waals surface area (Å²) in [5, 5.41) is 11.4. The molecule has 1 aliphatic heterocycles. The molecule has 28 heavy (non-hydrogen) atoms. The second kappa shape index (κ2) is 12.1. The van der Waals surface area contributed by atoms with E-state index in [1.54, 1.807) is 11.9 Å². The van der Waals surface area contributed by atoms with Crippen molar-refractivity contribution >= 4 is 36.0 Å².